The maximum absolute atomic E-state index is 13.0. The van der Waals surface area contributed by atoms with E-state index in [2.05, 4.69) is 20.8 Å². The smallest absolute Gasteiger partial charge is 0.328 e. The second-order valence-corrected chi connectivity index (χ2v) is 8.12. The van der Waals surface area contributed by atoms with Gasteiger partial charge in [0.2, 0.25) is 5.01 Å². The number of piperidine rings is 1. The average molecular weight is 450 g/mol. The van der Waals surface area contributed by atoms with Crippen molar-refractivity contribution in [1.29, 1.82) is 0 Å². The Morgan fingerprint density at radius 3 is 2.74 bits per heavy atom. The van der Waals surface area contributed by atoms with Gasteiger partial charge in [0.05, 0.1) is 6.61 Å². The summed E-state index contributed by atoms with van der Waals surface area (Å²) in [7, 11) is 0. The van der Waals surface area contributed by atoms with Gasteiger partial charge in [0.1, 0.15) is 16.9 Å². The van der Waals surface area contributed by atoms with Crippen molar-refractivity contribution in [3.63, 3.8) is 0 Å². The van der Waals surface area contributed by atoms with E-state index in [1.54, 1.807) is 18.7 Å². The summed E-state index contributed by atoms with van der Waals surface area (Å²) in [5, 5.41) is 14.3. The third kappa shape index (κ3) is 5.97. The van der Waals surface area contributed by atoms with Crippen LogP contribution in [0.3, 0.4) is 0 Å². The molecular weight excluding hydrogens is 425 g/mol. The molecule has 3 amide bonds. The number of aromatic nitrogens is 2. The first kappa shape index (κ1) is 22.6. The second-order valence-electron chi connectivity index (χ2n) is 7.11. The molecule has 0 spiro atoms. The Balaban J connectivity index is 1.58. The molecule has 1 aliphatic heterocycles. The molecule has 9 nitrogen and oxygen atoms in total. The van der Waals surface area contributed by atoms with E-state index >= 15 is 0 Å². The molecule has 0 aliphatic carbocycles. The summed E-state index contributed by atoms with van der Waals surface area (Å²) in [5.74, 6) is -1.35. The first-order valence-corrected chi connectivity index (χ1v) is 10.8. The number of urea groups is 1. The normalized spacial score (nSPS) is 17.0. The van der Waals surface area contributed by atoms with E-state index in [9.17, 15) is 18.8 Å². The standard InChI is InChI=1S/C20H24FN5O4S/c1-3-30-19(28)12(2)22-20(29)26-10-4-5-13(11-26)17-24-25-18(31-17)16(27)23-15-8-6-14(21)7-9-15/h6-9,12-13H,3-5,10-11H2,1-2H3,(H,22,29)(H,23,27). The number of hydrogen-bond donors (Lipinski definition) is 2. The van der Waals surface area contributed by atoms with Crippen LogP contribution in [0.25, 0.3) is 0 Å². The highest BCUT2D eigenvalue weighted by Gasteiger charge is 2.29. The van der Waals surface area contributed by atoms with Gasteiger partial charge in [-0.05, 0) is 51.0 Å². The molecule has 0 bridgehead atoms. The van der Waals surface area contributed by atoms with Crippen molar-refractivity contribution in [3.8, 4) is 0 Å². The zero-order valence-corrected chi connectivity index (χ0v) is 18.1. The van der Waals surface area contributed by atoms with Crippen molar-refractivity contribution in [2.45, 2.75) is 38.6 Å². The highest BCUT2D eigenvalue weighted by Crippen LogP contribution is 2.29. The predicted molar refractivity (Wildman–Crippen MR) is 112 cm³/mol. The van der Waals surface area contributed by atoms with Crippen LogP contribution >= 0.6 is 11.3 Å². The van der Waals surface area contributed by atoms with Gasteiger partial charge in [-0.25, -0.2) is 14.0 Å². The number of anilines is 1. The lowest BCUT2D eigenvalue weighted by Crippen LogP contribution is -2.49. The molecular formula is C20H24FN5O4S. The molecule has 3 rings (SSSR count). The summed E-state index contributed by atoms with van der Waals surface area (Å²) in [6.07, 6.45) is 1.58. The monoisotopic (exact) mass is 449 g/mol. The number of benzene rings is 1. The molecule has 1 aliphatic rings. The fourth-order valence-corrected chi connectivity index (χ4v) is 4.04. The Hall–Kier alpha value is -3.08. The molecule has 2 aromatic rings. The van der Waals surface area contributed by atoms with E-state index in [-0.39, 0.29) is 23.6 Å². The fourth-order valence-electron chi connectivity index (χ4n) is 3.17. The van der Waals surface area contributed by atoms with Crippen LogP contribution < -0.4 is 10.6 Å². The number of hydrogen-bond acceptors (Lipinski definition) is 7. The topological polar surface area (TPSA) is 114 Å². The Labute approximate surface area is 183 Å². The minimum Gasteiger partial charge on any atom is -0.464 e. The number of nitrogens with one attached hydrogen (secondary N) is 2. The zero-order valence-electron chi connectivity index (χ0n) is 17.3. The van der Waals surface area contributed by atoms with Gasteiger partial charge in [0.25, 0.3) is 5.91 Å². The number of carbonyl (C=O) groups excluding carboxylic acids is 3. The molecule has 31 heavy (non-hydrogen) atoms. The van der Waals surface area contributed by atoms with E-state index in [0.29, 0.717) is 23.8 Å². The molecule has 2 atom stereocenters. The minimum absolute atomic E-state index is 0.0535. The number of nitrogens with zero attached hydrogens (tertiary/aromatic N) is 3. The highest BCUT2D eigenvalue weighted by molar-refractivity contribution is 7.13. The van der Waals surface area contributed by atoms with Crippen LogP contribution in [-0.2, 0) is 9.53 Å². The van der Waals surface area contributed by atoms with Gasteiger partial charge in [0.15, 0.2) is 0 Å². The largest absolute Gasteiger partial charge is 0.464 e. The summed E-state index contributed by atoms with van der Waals surface area (Å²) >= 11 is 1.17. The van der Waals surface area contributed by atoms with Gasteiger partial charge in [-0.15, -0.1) is 10.2 Å². The van der Waals surface area contributed by atoms with Crippen LogP contribution in [0.1, 0.15) is 47.4 Å². The van der Waals surface area contributed by atoms with Crippen molar-refractivity contribution in [2.75, 3.05) is 25.0 Å². The maximum atomic E-state index is 13.0. The first-order chi connectivity index (χ1) is 14.9. The van der Waals surface area contributed by atoms with E-state index < -0.39 is 23.7 Å². The molecule has 1 saturated heterocycles. The van der Waals surface area contributed by atoms with Crippen molar-refractivity contribution in [3.05, 3.63) is 40.1 Å². The number of rotatable bonds is 6. The van der Waals surface area contributed by atoms with Crippen LogP contribution in [0, 0.1) is 5.82 Å². The van der Waals surface area contributed by atoms with Gasteiger partial charge >= 0.3 is 12.0 Å². The number of likely N-dealkylation sites (tertiary alicyclic amines) is 1. The lowest BCUT2D eigenvalue weighted by Gasteiger charge is -2.32. The summed E-state index contributed by atoms with van der Waals surface area (Å²) in [4.78, 5) is 38.3. The van der Waals surface area contributed by atoms with Crippen molar-refractivity contribution >= 4 is 34.9 Å². The van der Waals surface area contributed by atoms with E-state index in [4.69, 9.17) is 4.74 Å². The number of esters is 1. The summed E-state index contributed by atoms with van der Waals surface area (Å²) in [6.45, 7) is 4.51. The van der Waals surface area contributed by atoms with E-state index in [1.807, 2.05) is 0 Å². The Bertz CT molecular complexity index is 936. The van der Waals surface area contributed by atoms with Gasteiger partial charge in [-0.2, -0.15) is 0 Å². The number of amides is 3. The van der Waals surface area contributed by atoms with Crippen molar-refractivity contribution in [2.24, 2.45) is 0 Å². The molecule has 0 radical (unpaired) electrons. The molecule has 0 saturated carbocycles. The molecule has 2 unspecified atom stereocenters. The summed E-state index contributed by atoms with van der Waals surface area (Å²) in [5.41, 5.74) is 0.458. The molecule has 1 fully saturated rings. The average Bonchev–Trinajstić information content (AvgIpc) is 3.26. The molecule has 2 heterocycles. The van der Waals surface area contributed by atoms with Gasteiger partial charge in [0, 0.05) is 24.7 Å². The second kappa shape index (κ2) is 10.3. The van der Waals surface area contributed by atoms with Gasteiger partial charge < -0.3 is 20.3 Å². The van der Waals surface area contributed by atoms with Gasteiger partial charge in [-0.1, -0.05) is 11.3 Å². The van der Waals surface area contributed by atoms with Gasteiger partial charge in [-0.3, -0.25) is 4.79 Å². The van der Waals surface area contributed by atoms with E-state index in [0.717, 1.165) is 12.8 Å². The quantitative estimate of drug-likeness (QED) is 0.656. The van der Waals surface area contributed by atoms with E-state index in [1.165, 1.54) is 35.6 Å². The van der Waals surface area contributed by atoms with Crippen LogP contribution in [-0.4, -0.2) is 58.7 Å². The number of ether oxygens (including phenoxy) is 1. The van der Waals surface area contributed by atoms with Crippen molar-refractivity contribution in [1.82, 2.24) is 20.4 Å². The lowest BCUT2D eigenvalue weighted by molar-refractivity contribution is -0.144. The van der Waals surface area contributed by atoms with Crippen molar-refractivity contribution < 1.29 is 23.5 Å². The Morgan fingerprint density at radius 1 is 1.29 bits per heavy atom. The van der Waals surface area contributed by atoms with Crippen LogP contribution in [0.4, 0.5) is 14.9 Å². The SMILES string of the molecule is CCOC(=O)C(C)NC(=O)N1CCCC(c2nnc(C(=O)Nc3ccc(F)cc3)s2)C1. The van der Waals surface area contributed by atoms with Crippen LogP contribution in [0.15, 0.2) is 24.3 Å². The summed E-state index contributed by atoms with van der Waals surface area (Å²) < 4.78 is 17.9. The number of halogens is 1. The zero-order chi connectivity index (χ0) is 22.4. The van der Waals surface area contributed by atoms with Crippen LogP contribution in [0.2, 0.25) is 0 Å². The third-order valence-corrected chi connectivity index (χ3v) is 5.86. The highest BCUT2D eigenvalue weighted by atomic mass is 32.1. The molecule has 1 aromatic heterocycles. The predicted octanol–water partition coefficient (Wildman–Crippen LogP) is 2.77. The lowest BCUT2D eigenvalue weighted by atomic mass is 9.99. The Kier molecular flexibility index (Phi) is 7.50. The Morgan fingerprint density at radius 2 is 2.03 bits per heavy atom. The van der Waals surface area contributed by atoms with Crippen LogP contribution in [0.5, 0.6) is 0 Å². The molecule has 166 valence electrons. The minimum atomic E-state index is -0.740. The summed E-state index contributed by atoms with van der Waals surface area (Å²) in [6, 6.07) is 4.35. The fraction of sp³-hybridized carbons (Fsp3) is 0.450. The molecule has 2 N–H and O–H groups in total. The first-order valence-electron chi connectivity index (χ1n) is 9.99. The molecule has 11 heteroatoms. The third-order valence-electron chi connectivity index (χ3n) is 4.77. The number of carbonyl (C=O) groups is 3. The maximum Gasteiger partial charge on any atom is 0.328 e. The molecule has 1 aromatic carbocycles.